The first-order valence-corrected chi connectivity index (χ1v) is 6.52. The summed E-state index contributed by atoms with van der Waals surface area (Å²) in [5, 5.41) is 10.1. The van der Waals surface area contributed by atoms with Crippen molar-refractivity contribution in [1.29, 1.82) is 0 Å². The van der Waals surface area contributed by atoms with Crippen LogP contribution < -0.4 is 0 Å². The minimum atomic E-state index is -1.14. The van der Waals surface area contributed by atoms with Gasteiger partial charge in [-0.3, -0.25) is 0 Å². The average molecular weight is 289 g/mol. The van der Waals surface area contributed by atoms with Gasteiger partial charge in [0.2, 0.25) is 0 Å². The lowest BCUT2D eigenvalue weighted by Gasteiger charge is -2.11. The highest BCUT2D eigenvalue weighted by atomic mass is 19.1. The van der Waals surface area contributed by atoms with E-state index in [0.29, 0.717) is 17.0 Å². The molecule has 1 heterocycles. The quantitative estimate of drug-likeness (QED) is 0.800. The molecule has 21 heavy (non-hydrogen) atoms. The Morgan fingerprint density at radius 3 is 2.71 bits per heavy atom. The number of benzene rings is 2. The summed E-state index contributed by atoms with van der Waals surface area (Å²) in [6.45, 7) is 1.52. The van der Waals surface area contributed by atoms with E-state index in [1.807, 2.05) is 12.1 Å². The van der Waals surface area contributed by atoms with Crippen molar-refractivity contribution in [3.63, 3.8) is 0 Å². The minimum absolute atomic E-state index is 0.0245. The van der Waals surface area contributed by atoms with E-state index in [2.05, 4.69) is 4.98 Å². The Bertz CT molecular complexity index is 765. The Morgan fingerprint density at radius 2 is 1.95 bits per heavy atom. The van der Waals surface area contributed by atoms with E-state index in [1.165, 1.54) is 13.0 Å². The smallest absolute Gasteiger partial charge is 0.198 e. The summed E-state index contributed by atoms with van der Waals surface area (Å²) in [7, 11) is 0. The highest BCUT2D eigenvalue weighted by Crippen LogP contribution is 2.25. The molecule has 0 aliphatic rings. The van der Waals surface area contributed by atoms with E-state index in [-0.39, 0.29) is 17.5 Å². The molecule has 5 heteroatoms. The minimum Gasteiger partial charge on any atom is -0.441 e. The van der Waals surface area contributed by atoms with Crippen LogP contribution in [0.25, 0.3) is 11.1 Å². The molecule has 3 aromatic rings. The highest BCUT2D eigenvalue weighted by Gasteiger charge is 2.18. The first-order valence-electron chi connectivity index (χ1n) is 6.52. The van der Waals surface area contributed by atoms with Crippen LogP contribution in [0, 0.1) is 18.6 Å². The van der Waals surface area contributed by atoms with Gasteiger partial charge in [0.25, 0.3) is 0 Å². The third kappa shape index (κ3) is 2.64. The van der Waals surface area contributed by atoms with Crippen molar-refractivity contribution in [3.05, 3.63) is 65.1 Å². The van der Waals surface area contributed by atoms with Gasteiger partial charge in [-0.2, -0.15) is 0 Å². The maximum Gasteiger partial charge on any atom is 0.198 e. The van der Waals surface area contributed by atoms with Crippen molar-refractivity contribution in [1.82, 2.24) is 4.98 Å². The molecule has 3 rings (SSSR count). The molecule has 3 nitrogen and oxygen atoms in total. The standard InChI is InChI=1S/C16H13F2NO2/c1-9-6-10(12(18)7-11(9)17)14(20)8-16-19-13-4-2-3-5-15(13)21-16/h2-7,14,20H,8H2,1H3. The van der Waals surface area contributed by atoms with Crippen LogP contribution in [0.5, 0.6) is 0 Å². The number of aromatic nitrogens is 1. The number of hydrogen-bond acceptors (Lipinski definition) is 3. The van der Waals surface area contributed by atoms with Gasteiger partial charge in [0.15, 0.2) is 11.5 Å². The third-order valence-electron chi connectivity index (χ3n) is 3.34. The van der Waals surface area contributed by atoms with Crippen LogP contribution in [0.1, 0.15) is 23.1 Å². The largest absolute Gasteiger partial charge is 0.441 e. The fourth-order valence-electron chi connectivity index (χ4n) is 2.22. The van der Waals surface area contributed by atoms with Crippen LogP contribution in [0.4, 0.5) is 8.78 Å². The number of hydrogen-bond donors (Lipinski definition) is 1. The van der Waals surface area contributed by atoms with E-state index >= 15 is 0 Å². The zero-order valence-electron chi connectivity index (χ0n) is 11.3. The molecular formula is C16H13F2NO2. The molecule has 0 bridgehead atoms. The topological polar surface area (TPSA) is 46.3 Å². The molecular weight excluding hydrogens is 276 g/mol. The molecule has 0 spiro atoms. The summed E-state index contributed by atoms with van der Waals surface area (Å²) >= 11 is 0. The normalized spacial score (nSPS) is 12.8. The Morgan fingerprint density at radius 1 is 1.19 bits per heavy atom. The fourth-order valence-corrected chi connectivity index (χ4v) is 2.22. The first-order chi connectivity index (χ1) is 10.0. The van der Waals surface area contributed by atoms with E-state index < -0.39 is 17.7 Å². The van der Waals surface area contributed by atoms with Crippen LogP contribution in [0.3, 0.4) is 0 Å². The van der Waals surface area contributed by atoms with E-state index in [1.54, 1.807) is 12.1 Å². The SMILES string of the molecule is Cc1cc(C(O)Cc2nc3ccccc3o2)c(F)cc1F. The van der Waals surface area contributed by atoms with Crippen LogP contribution in [0.2, 0.25) is 0 Å². The molecule has 0 radical (unpaired) electrons. The van der Waals surface area contributed by atoms with Crippen LogP contribution in [-0.2, 0) is 6.42 Å². The molecule has 0 amide bonds. The fraction of sp³-hybridized carbons (Fsp3) is 0.188. The summed E-state index contributed by atoms with van der Waals surface area (Å²) in [4.78, 5) is 4.22. The van der Waals surface area contributed by atoms with Crippen molar-refractivity contribution < 1.29 is 18.3 Å². The molecule has 108 valence electrons. The summed E-state index contributed by atoms with van der Waals surface area (Å²) in [6.07, 6.45) is -1.12. The van der Waals surface area contributed by atoms with Gasteiger partial charge in [-0.1, -0.05) is 12.1 Å². The molecule has 1 atom stereocenters. The number of para-hydroxylation sites is 2. The number of aryl methyl sites for hydroxylation is 1. The van der Waals surface area contributed by atoms with Crippen molar-refractivity contribution in [3.8, 4) is 0 Å². The predicted molar refractivity (Wildman–Crippen MR) is 73.8 cm³/mol. The van der Waals surface area contributed by atoms with E-state index in [0.717, 1.165) is 6.07 Å². The summed E-state index contributed by atoms with van der Waals surface area (Å²) in [6, 6.07) is 9.28. The molecule has 1 N–H and O–H groups in total. The second kappa shape index (κ2) is 5.26. The van der Waals surface area contributed by atoms with Crippen LogP contribution in [-0.4, -0.2) is 10.1 Å². The van der Waals surface area contributed by atoms with Crippen LogP contribution in [0.15, 0.2) is 40.8 Å². The predicted octanol–water partition coefficient (Wildman–Crippen LogP) is 3.69. The number of oxazole rings is 1. The molecule has 0 aliphatic heterocycles. The highest BCUT2D eigenvalue weighted by molar-refractivity contribution is 5.72. The van der Waals surface area contributed by atoms with Gasteiger partial charge in [-0.25, -0.2) is 13.8 Å². The zero-order valence-corrected chi connectivity index (χ0v) is 11.3. The Hall–Kier alpha value is -2.27. The van der Waals surface area contributed by atoms with Gasteiger partial charge >= 0.3 is 0 Å². The zero-order chi connectivity index (χ0) is 15.0. The van der Waals surface area contributed by atoms with Gasteiger partial charge in [0.1, 0.15) is 17.2 Å². The lowest BCUT2D eigenvalue weighted by Crippen LogP contribution is -2.06. The first kappa shape index (κ1) is 13.7. The summed E-state index contributed by atoms with van der Waals surface area (Å²) < 4.78 is 32.5. The number of halogens is 2. The third-order valence-corrected chi connectivity index (χ3v) is 3.34. The Kier molecular flexibility index (Phi) is 3.43. The molecule has 0 saturated heterocycles. The lowest BCUT2D eigenvalue weighted by atomic mass is 10.0. The summed E-state index contributed by atoms with van der Waals surface area (Å²) in [5.41, 5.74) is 1.60. The van der Waals surface area contributed by atoms with Gasteiger partial charge in [-0.15, -0.1) is 0 Å². The van der Waals surface area contributed by atoms with Gasteiger partial charge in [-0.05, 0) is 30.7 Å². The number of aliphatic hydroxyl groups excluding tert-OH is 1. The number of rotatable bonds is 3. The lowest BCUT2D eigenvalue weighted by molar-refractivity contribution is 0.164. The molecule has 1 aromatic heterocycles. The van der Waals surface area contributed by atoms with Crippen molar-refractivity contribution in [2.45, 2.75) is 19.4 Å². The van der Waals surface area contributed by atoms with Gasteiger partial charge < -0.3 is 9.52 Å². The van der Waals surface area contributed by atoms with Crippen molar-refractivity contribution in [2.75, 3.05) is 0 Å². The molecule has 0 saturated carbocycles. The maximum absolute atomic E-state index is 13.7. The number of nitrogens with zero attached hydrogens (tertiary/aromatic N) is 1. The van der Waals surface area contributed by atoms with E-state index in [4.69, 9.17) is 4.42 Å². The van der Waals surface area contributed by atoms with Gasteiger partial charge in [0, 0.05) is 11.6 Å². The molecule has 2 aromatic carbocycles. The maximum atomic E-state index is 13.7. The molecule has 0 fully saturated rings. The Balaban J connectivity index is 1.89. The molecule has 0 aliphatic carbocycles. The Labute approximate surface area is 119 Å². The van der Waals surface area contributed by atoms with Crippen molar-refractivity contribution >= 4 is 11.1 Å². The van der Waals surface area contributed by atoms with Gasteiger partial charge in [0.05, 0.1) is 12.5 Å². The second-order valence-electron chi connectivity index (χ2n) is 4.92. The van der Waals surface area contributed by atoms with E-state index in [9.17, 15) is 13.9 Å². The molecule has 1 unspecified atom stereocenters. The number of aliphatic hydroxyl groups is 1. The second-order valence-corrected chi connectivity index (χ2v) is 4.92. The number of fused-ring (bicyclic) bond motifs is 1. The average Bonchev–Trinajstić information content (AvgIpc) is 2.84. The summed E-state index contributed by atoms with van der Waals surface area (Å²) in [5.74, 6) is -1.10. The van der Waals surface area contributed by atoms with Crippen molar-refractivity contribution in [2.24, 2.45) is 0 Å². The van der Waals surface area contributed by atoms with Crippen LogP contribution >= 0.6 is 0 Å². The monoisotopic (exact) mass is 289 g/mol.